The van der Waals surface area contributed by atoms with Crippen molar-refractivity contribution < 1.29 is 22.8 Å². The number of hydrogen-bond donors (Lipinski definition) is 3. The fourth-order valence-electron chi connectivity index (χ4n) is 2.65. The Morgan fingerprint density at radius 1 is 0.966 bits per heavy atom. The van der Waals surface area contributed by atoms with E-state index in [1.54, 1.807) is 20.8 Å². The van der Waals surface area contributed by atoms with Crippen LogP contribution in [0.2, 0.25) is 0 Å². The fraction of sp³-hybridized carbons (Fsp3) is 0.526. The summed E-state index contributed by atoms with van der Waals surface area (Å²) in [5, 5.41) is 2.42. The average Bonchev–Trinajstić information content (AvgIpc) is 2.70. The molecule has 2 rings (SSSR count). The van der Waals surface area contributed by atoms with E-state index in [4.69, 9.17) is 0 Å². The second-order valence-electron chi connectivity index (χ2n) is 7.92. The van der Waals surface area contributed by atoms with Gasteiger partial charge in [0.05, 0.1) is 11.4 Å². The Balaban J connectivity index is 1.88. The summed E-state index contributed by atoms with van der Waals surface area (Å²) in [6, 6.07) is 5.60. The van der Waals surface area contributed by atoms with Gasteiger partial charge in [0.1, 0.15) is 0 Å². The van der Waals surface area contributed by atoms with Crippen molar-refractivity contribution >= 4 is 27.7 Å². The van der Waals surface area contributed by atoms with Crippen LogP contribution in [0.5, 0.6) is 0 Å². The molecule has 1 aliphatic rings. The number of sulfonamides is 1. The van der Waals surface area contributed by atoms with Crippen molar-refractivity contribution in [2.45, 2.75) is 44.9 Å². The zero-order valence-electron chi connectivity index (χ0n) is 16.9. The third-order valence-electron chi connectivity index (χ3n) is 4.48. The maximum Gasteiger partial charge on any atom is 0.257 e. The zero-order valence-corrected chi connectivity index (χ0v) is 17.8. The topological polar surface area (TPSA) is 125 Å². The highest BCUT2D eigenvalue weighted by Crippen LogP contribution is 2.20. The second kappa shape index (κ2) is 9.36. The molecular weight excluding hydrogens is 396 g/mol. The summed E-state index contributed by atoms with van der Waals surface area (Å²) in [6.07, 6.45) is 2.72. The van der Waals surface area contributed by atoms with Gasteiger partial charge in [0.2, 0.25) is 15.9 Å². The molecule has 0 spiro atoms. The molecule has 1 aromatic carbocycles. The monoisotopic (exact) mass is 424 g/mol. The van der Waals surface area contributed by atoms with Gasteiger partial charge in [0, 0.05) is 24.1 Å². The predicted molar refractivity (Wildman–Crippen MR) is 107 cm³/mol. The summed E-state index contributed by atoms with van der Waals surface area (Å²) in [5.74, 6) is -1.47. The van der Waals surface area contributed by atoms with E-state index >= 15 is 0 Å². The smallest absolute Gasteiger partial charge is 0.257 e. The minimum Gasteiger partial charge on any atom is -0.343 e. The van der Waals surface area contributed by atoms with Gasteiger partial charge in [-0.05, 0) is 37.1 Å². The normalized spacial score (nSPS) is 15.4. The Kier molecular flexibility index (Phi) is 7.37. The molecule has 1 aliphatic heterocycles. The van der Waals surface area contributed by atoms with E-state index in [0.29, 0.717) is 13.1 Å². The van der Waals surface area contributed by atoms with Crippen LogP contribution in [0.15, 0.2) is 29.2 Å². The van der Waals surface area contributed by atoms with Crippen LogP contribution in [-0.2, 0) is 19.6 Å². The SMILES string of the molecule is CC(C)(C)C(=O)NNC(=O)CNC(=O)c1ccc(S(=O)(=O)N2CCCCC2)cc1. The van der Waals surface area contributed by atoms with E-state index in [2.05, 4.69) is 16.2 Å². The summed E-state index contributed by atoms with van der Waals surface area (Å²) in [4.78, 5) is 35.7. The van der Waals surface area contributed by atoms with Gasteiger partial charge in [0.15, 0.2) is 0 Å². The Hall–Kier alpha value is -2.46. The fourth-order valence-corrected chi connectivity index (χ4v) is 4.17. The highest BCUT2D eigenvalue weighted by Gasteiger charge is 2.26. The highest BCUT2D eigenvalue weighted by molar-refractivity contribution is 7.89. The van der Waals surface area contributed by atoms with Gasteiger partial charge in [0.25, 0.3) is 11.8 Å². The van der Waals surface area contributed by atoms with Crippen LogP contribution in [0.4, 0.5) is 0 Å². The number of benzene rings is 1. The molecule has 0 unspecified atom stereocenters. The molecule has 10 heteroatoms. The van der Waals surface area contributed by atoms with Gasteiger partial charge in [-0.1, -0.05) is 27.2 Å². The van der Waals surface area contributed by atoms with Gasteiger partial charge in [-0.3, -0.25) is 25.2 Å². The first-order chi connectivity index (χ1) is 13.5. The van der Waals surface area contributed by atoms with Gasteiger partial charge < -0.3 is 5.32 Å². The minimum atomic E-state index is -3.56. The largest absolute Gasteiger partial charge is 0.343 e. The first-order valence-electron chi connectivity index (χ1n) is 9.49. The molecule has 3 N–H and O–H groups in total. The Labute approximate surface area is 171 Å². The number of carbonyl (C=O) groups excluding carboxylic acids is 3. The van der Waals surface area contributed by atoms with Crippen LogP contribution in [0.3, 0.4) is 0 Å². The van der Waals surface area contributed by atoms with Crippen LogP contribution in [-0.4, -0.2) is 50.1 Å². The Morgan fingerprint density at radius 3 is 2.10 bits per heavy atom. The summed E-state index contributed by atoms with van der Waals surface area (Å²) in [5.41, 5.74) is 4.07. The quantitative estimate of drug-likeness (QED) is 0.603. The number of nitrogens with zero attached hydrogens (tertiary/aromatic N) is 1. The van der Waals surface area contributed by atoms with Crippen LogP contribution < -0.4 is 16.2 Å². The summed E-state index contributed by atoms with van der Waals surface area (Å²) >= 11 is 0. The number of hydrazine groups is 1. The molecule has 0 bridgehead atoms. The van der Waals surface area contributed by atoms with Crippen LogP contribution in [0, 0.1) is 5.41 Å². The van der Waals surface area contributed by atoms with E-state index in [0.717, 1.165) is 19.3 Å². The molecule has 1 saturated heterocycles. The van der Waals surface area contributed by atoms with E-state index in [9.17, 15) is 22.8 Å². The summed E-state index contributed by atoms with van der Waals surface area (Å²) < 4.78 is 26.7. The lowest BCUT2D eigenvalue weighted by Gasteiger charge is -2.25. The van der Waals surface area contributed by atoms with Gasteiger partial charge >= 0.3 is 0 Å². The van der Waals surface area contributed by atoms with Crippen molar-refractivity contribution in [2.24, 2.45) is 5.41 Å². The highest BCUT2D eigenvalue weighted by atomic mass is 32.2. The number of rotatable bonds is 5. The van der Waals surface area contributed by atoms with Crippen molar-refractivity contribution in [2.75, 3.05) is 19.6 Å². The molecule has 9 nitrogen and oxygen atoms in total. The number of hydrogen-bond acceptors (Lipinski definition) is 5. The van der Waals surface area contributed by atoms with Crippen molar-refractivity contribution in [1.29, 1.82) is 0 Å². The predicted octanol–water partition coefficient (Wildman–Crippen LogP) is 0.785. The molecule has 1 aromatic rings. The second-order valence-corrected chi connectivity index (χ2v) is 9.86. The van der Waals surface area contributed by atoms with E-state index in [1.807, 2.05) is 0 Å². The van der Waals surface area contributed by atoms with E-state index in [1.165, 1.54) is 28.6 Å². The summed E-state index contributed by atoms with van der Waals surface area (Å²) in [6.45, 7) is 5.77. The van der Waals surface area contributed by atoms with Crippen molar-refractivity contribution in [1.82, 2.24) is 20.5 Å². The maximum absolute atomic E-state index is 12.6. The number of carbonyl (C=O) groups is 3. The van der Waals surface area contributed by atoms with Crippen LogP contribution in [0.1, 0.15) is 50.4 Å². The number of nitrogens with one attached hydrogen (secondary N) is 3. The molecule has 1 fully saturated rings. The first kappa shape index (κ1) is 22.8. The molecule has 29 heavy (non-hydrogen) atoms. The molecule has 0 atom stereocenters. The molecule has 0 aromatic heterocycles. The van der Waals surface area contributed by atoms with Crippen molar-refractivity contribution in [3.63, 3.8) is 0 Å². The Morgan fingerprint density at radius 2 is 1.55 bits per heavy atom. The van der Waals surface area contributed by atoms with E-state index in [-0.39, 0.29) is 22.9 Å². The molecular formula is C19H28N4O5S. The van der Waals surface area contributed by atoms with Crippen molar-refractivity contribution in [3.05, 3.63) is 29.8 Å². The molecule has 0 aliphatic carbocycles. The maximum atomic E-state index is 12.6. The minimum absolute atomic E-state index is 0.138. The zero-order chi connectivity index (χ0) is 21.7. The van der Waals surface area contributed by atoms with Gasteiger partial charge in [-0.15, -0.1) is 0 Å². The lowest BCUT2D eigenvalue weighted by Crippen LogP contribution is -2.49. The third kappa shape index (κ3) is 6.26. The van der Waals surface area contributed by atoms with Gasteiger partial charge in [-0.2, -0.15) is 4.31 Å². The summed E-state index contributed by atoms with van der Waals surface area (Å²) in [7, 11) is -3.56. The first-order valence-corrected chi connectivity index (χ1v) is 10.9. The molecule has 3 amide bonds. The molecule has 0 radical (unpaired) electrons. The Bertz CT molecular complexity index is 854. The number of amides is 3. The number of piperidine rings is 1. The molecule has 0 saturated carbocycles. The van der Waals surface area contributed by atoms with Crippen LogP contribution in [0.25, 0.3) is 0 Å². The lowest BCUT2D eigenvalue weighted by atomic mass is 9.96. The molecule has 160 valence electrons. The van der Waals surface area contributed by atoms with Crippen molar-refractivity contribution in [3.8, 4) is 0 Å². The van der Waals surface area contributed by atoms with Gasteiger partial charge in [-0.25, -0.2) is 8.42 Å². The third-order valence-corrected chi connectivity index (χ3v) is 6.39. The molecule has 1 heterocycles. The average molecular weight is 425 g/mol. The van der Waals surface area contributed by atoms with Crippen LogP contribution >= 0.6 is 0 Å². The standard InChI is InChI=1S/C19H28N4O5S/c1-19(2,3)18(26)22-21-16(24)13-20-17(25)14-7-9-15(10-8-14)29(27,28)23-11-5-4-6-12-23/h7-10H,4-6,11-13H2,1-3H3,(H,20,25)(H,21,24)(H,22,26). The van der Waals surface area contributed by atoms with E-state index < -0.39 is 27.3 Å². The lowest BCUT2D eigenvalue weighted by molar-refractivity contribution is -0.133.